The van der Waals surface area contributed by atoms with Crippen LogP contribution < -0.4 is 4.90 Å². The summed E-state index contributed by atoms with van der Waals surface area (Å²) < 4.78 is 39.6. The first-order valence-electron chi connectivity index (χ1n) is 19.7. The van der Waals surface area contributed by atoms with Gasteiger partial charge in [-0.25, -0.2) is 14.4 Å². The molecule has 10 heteroatoms. The summed E-state index contributed by atoms with van der Waals surface area (Å²) in [6.07, 6.45) is 9.56. The molecule has 0 aromatic carbocycles. The van der Waals surface area contributed by atoms with E-state index in [4.69, 9.17) is 18.9 Å². The molecular formula is C40H62FN3O6. The van der Waals surface area contributed by atoms with E-state index in [2.05, 4.69) is 44.6 Å². The molecule has 5 saturated carbocycles. The normalized spacial score (nSPS) is 48.5. The zero-order valence-corrected chi connectivity index (χ0v) is 31.7. The molecule has 0 radical (unpaired) electrons. The standard InChI is InChI=1S/C40H62FN3O6/c1-9-47-33(36(5,6)46)25-18-23(2)30-31(49-25)32(45)38(8)27-11-10-26-35(3,4)28(12-13-39(26)22-40(27,39)15-14-37(30,38)7)50-29-21-44(16-17-48-29)34-42-19-24(41)20-43-34/h19-20,23,25-33,45-46H,9-18,21-22H2,1-8H3/t23-,25?,26+,27?,28+,29+,30+,31?,32+,33+,37-,38-,39?,40+/m1/s1. The fourth-order valence-corrected chi connectivity index (χ4v) is 14.2. The number of hydrogen-bond donors (Lipinski definition) is 2. The Morgan fingerprint density at radius 1 is 1.06 bits per heavy atom. The molecule has 2 aliphatic heterocycles. The van der Waals surface area contributed by atoms with E-state index in [9.17, 15) is 14.6 Å². The van der Waals surface area contributed by atoms with Crippen LogP contribution in [0.3, 0.4) is 0 Å². The molecule has 7 aliphatic rings. The lowest BCUT2D eigenvalue weighted by Gasteiger charge is -2.64. The first-order valence-corrected chi connectivity index (χ1v) is 19.7. The summed E-state index contributed by atoms with van der Waals surface area (Å²) in [5, 5.41) is 23.7. The van der Waals surface area contributed by atoms with E-state index in [1.54, 1.807) is 0 Å². The number of rotatable bonds is 7. The van der Waals surface area contributed by atoms with E-state index in [0.29, 0.717) is 50.0 Å². The molecule has 3 heterocycles. The van der Waals surface area contributed by atoms with Gasteiger partial charge < -0.3 is 34.1 Å². The molecule has 1 aromatic rings. The lowest BCUT2D eigenvalue weighted by molar-refractivity contribution is -0.234. The molecule has 280 valence electrons. The monoisotopic (exact) mass is 699 g/mol. The third-order valence-corrected chi connectivity index (χ3v) is 16.4. The molecule has 2 N–H and O–H groups in total. The number of aliphatic hydroxyl groups excluding tert-OH is 1. The Hall–Kier alpha value is -1.43. The predicted octanol–water partition coefficient (Wildman–Crippen LogP) is 6.15. The summed E-state index contributed by atoms with van der Waals surface area (Å²) in [5.74, 6) is 1.73. The number of hydrogen-bond acceptors (Lipinski definition) is 9. The quantitative estimate of drug-likeness (QED) is 0.347. The van der Waals surface area contributed by atoms with Gasteiger partial charge in [-0.1, -0.05) is 34.6 Å². The van der Waals surface area contributed by atoms with Crippen molar-refractivity contribution in [3.8, 4) is 0 Å². The van der Waals surface area contributed by atoms with E-state index in [1.807, 2.05) is 25.7 Å². The highest BCUT2D eigenvalue weighted by molar-refractivity contribution is 5.33. The second-order valence-corrected chi connectivity index (χ2v) is 19.2. The summed E-state index contributed by atoms with van der Waals surface area (Å²) in [6, 6.07) is 0. The molecule has 2 saturated heterocycles. The first-order chi connectivity index (χ1) is 23.5. The summed E-state index contributed by atoms with van der Waals surface area (Å²) >= 11 is 0. The molecule has 2 spiro atoms. The van der Waals surface area contributed by atoms with Gasteiger partial charge in [-0.15, -0.1) is 0 Å². The van der Waals surface area contributed by atoms with Crippen molar-refractivity contribution < 1.29 is 33.6 Å². The van der Waals surface area contributed by atoms with E-state index in [1.165, 1.54) is 25.2 Å². The molecule has 0 bridgehead atoms. The molecule has 9 nitrogen and oxygen atoms in total. The molecule has 1 aromatic heterocycles. The van der Waals surface area contributed by atoms with Gasteiger partial charge in [0.05, 0.1) is 55.6 Å². The largest absolute Gasteiger partial charge is 0.390 e. The van der Waals surface area contributed by atoms with Crippen molar-refractivity contribution in [2.75, 3.05) is 31.2 Å². The summed E-state index contributed by atoms with van der Waals surface area (Å²) in [4.78, 5) is 10.4. The second-order valence-electron chi connectivity index (χ2n) is 19.2. The Morgan fingerprint density at radius 2 is 1.76 bits per heavy atom. The fraction of sp³-hybridized carbons (Fsp3) is 0.900. The summed E-state index contributed by atoms with van der Waals surface area (Å²) in [7, 11) is 0. The van der Waals surface area contributed by atoms with Crippen molar-refractivity contribution in [1.29, 1.82) is 0 Å². The number of aromatic nitrogens is 2. The smallest absolute Gasteiger partial charge is 0.225 e. The third kappa shape index (κ3) is 4.83. The van der Waals surface area contributed by atoms with Crippen LogP contribution in [0.5, 0.6) is 0 Å². The number of morpholine rings is 1. The Morgan fingerprint density at radius 3 is 2.46 bits per heavy atom. The Kier molecular flexibility index (Phi) is 8.39. The van der Waals surface area contributed by atoms with Crippen LogP contribution in [0.25, 0.3) is 0 Å². The maximum Gasteiger partial charge on any atom is 0.225 e. The molecule has 8 rings (SSSR count). The van der Waals surface area contributed by atoms with Crippen molar-refractivity contribution in [3.05, 3.63) is 18.2 Å². The number of fused-ring (bicyclic) bond motifs is 4. The van der Waals surface area contributed by atoms with Crippen LogP contribution in [0.2, 0.25) is 0 Å². The van der Waals surface area contributed by atoms with Crippen LogP contribution in [0.1, 0.15) is 107 Å². The van der Waals surface area contributed by atoms with Crippen molar-refractivity contribution in [3.63, 3.8) is 0 Å². The highest BCUT2D eigenvalue weighted by Crippen LogP contribution is 2.89. The third-order valence-electron chi connectivity index (χ3n) is 16.4. The van der Waals surface area contributed by atoms with Crippen molar-refractivity contribution in [2.45, 2.75) is 149 Å². The molecule has 5 aliphatic carbocycles. The summed E-state index contributed by atoms with van der Waals surface area (Å²) in [6.45, 7) is 20.0. The number of halogens is 1. The topological polar surface area (TPSA) is 106 Å². The Labute approximate surface area is 298 Å². The van der Waals surface area contributed by atoms with Crippen LogP contribution in [0, 0.1) is 56.6 Å². The number of anilines is 1. The number of aliphatic hydroxyl groups is 2. The maximum atomic E-state index is 13.5. The van der Waals surface area contributed by atoms with E-state index >= 15 is 0 Å². The summed E-state index contributed by atoms with van der Waals surface area (Å²) in [5.41, 5.74) is -0.775. The van der Waals surface area contributed by atoms with Gasteiger partial charge in [-0.05, 0) is 117 Å². The average molecular weight is 700 g/mol. The maximum absolute atomic E-state index is 13.5. The van der Waals surface area contributed by atoms with Crippen molar-refractivity contribution in [1.82, 2.24) is 9.97 Å². The van der Waals surface area contributed by atoms with Gasteiger partial charge >= 0.3 is 0 Å². The molecule has 50 heavy (non-hydrogen) atoms. The lowest BCUT2D eigenvalue weighted by Crippen LogP contribution is -2.60. The minimum Gasteiger partial charge on any atom is -0.390 e. The van der Waals surface area contributed by atoms with E-state index in [0.717, 1.165) is 38.5 Å². The van der Waals surface area contributed by atoms with Crippen molar-refractivity contribution in [2.24, 2.45) is 50.7 Å². The molecule has 4 unspecified atom stereocenters. The van der Waals surface area contributed by atoms with Crippen LogP contribution in [-0.4, -0.2) is 88.9 Å². The van der Waals surface area contributed by atoms with Gasteiger partial charge in [0.25, 0.3) is 0 Å². The minimum atomic E-state index is -1.03. The van der Waals surface area contributed by atoms with Crippen molar-refractivity contribution >= 4 is 5.95 Å². The number of nitrogens with zero attached hydrogens (tertiary/aromatic N) is 3. The minimum absolute atomic E-state index is 0.0158. The van der Waals surface area contributed by atoms with Crippen LogP contribution in [0.15, 0.2) is 12.4 Å². The second kappa shape index (κ2) is 11.8. The molecular weight excluding hydrogens is 637 g/mol. The van der Waals surface area contributed by atoms with Gasteiger partial charge in [0, 0.05) is 18.6 Å². The van der Waals surface area contributed by atoms with Crippen LogP contribution in [-0.2, 0) is 18.9 Å². The van der Waals surface area contributed by atoms with Gasteiger partial charge in [0.15, 0.2) is 12.1 Å². The van der Waals surface area contributed by atoms with E-state index < -0.39 is 23.6 Å². The van der Waals surface area contributed by atoms with Gasteiger partial charge in [0.1, 0.15) is 6.10 Å². The van der Waals surface area contributed by atoms with Crippen LogP contribution >= 0.6 is 0 Å². The first kappa shape index (κ1) is 35.6. The van der Waals surface area contributed by atoms with E-state index in [-0.39, 0.29) is 57.6 Å². The van der Waals surface area contributed by atoms with Crippen LogP contribution in [0.4, 0.5) is 10.3 Å². The SMILES string of the molecule is CCO[C@@H](C1C[C@@H](C)[C@H]2C(O1)[C@H](O)[C@@]1(C)C3CC[C@H]4C(C)(C)[C@@H](O[C@H]5CN(c6ncc(F)cn6)CCO5)CCC45C[C@@]35CC[C@]21C)C(C)(C)O. The average Bonchev–Trinajstić information content (AvgIpc) is 3.69. The lowest BCUT2D eigenvalue weighted by atomic mass is 9.41. The fourth-order valence-electron chi connectivity index (χ4n) is 14.2. The van der Waals surface area contributed by atoms with Gasteiger partial charge in [-0.3, -0.25) is 0 Å². The highest BCUT2D eigenvalue weighted by atomic mass is 19.1. The van der Waals surface area contributed by atoms with Gasteiger partial charge in [-0.2, -0.15) is 0 Å². The molecule has 0 amide bonds. The molecule has 7 fully saturated rings. The van der Waals surface area contributed by atoms with Gasteiger partial charge in [0.2, 0.25) is 5.95 Å². The predicted molar refractivity (Wildman–Crippen MR) is 187 cm³/mol. The Bertz CT molecular complexity index is 1440. The zero-order valence-electron chi connectivity index (χ0n) is 31.7. The highest BCUT2D eigenvalue weighted by Gasteiger charge is 2.84. The molecule has 14 atom stereocenters. The zero-order chi connectivity index (χ0) is 35.6. The Balaban J connectivity index is 1.01. The number of ether oxygens (including phenoxy) is 4.